The van der Waals surface area contributed by atoms with Crippen molar-refractivity contribution in [3.8, 4) is 0 Å². The number of hydrogen-bond acceptors (Lipinski definition) is 3. The Hall–Kier alpha value is -2.27. The average molecular weight is 293 g/mol. The van der Waals surface area contributed by atoms with Gasteiger partial charge < -0.3 is 15.1 Å². The van der Waals surface area contributed by atoms with Crippen molar-refractivity contribution in [3.63, 3.8) is 0 Å². The number of anilines is 1. The van der Waals surface area contributed by atoms with Gasteiger partial charge in [0.2, 0.25) is 0 Å². The Bertz CT molecular complexity index is 623. The molecular weight excluding hydrogens is 280 g/mol. The lowest BCUT2D eigenvalue weighted by Crippen LogP contribution is -2.23. The molecule has 0 aliphatic rings. The van der Waals surface area contributed by atoms with Crippen LogP contribution in [0.25, 0.3) is 0 Å². The van der Waals surface area contributed by atoms with Gasteiger partial charge in [-0.3, -0.25) is 9.59 Å². The summed E-state index contributed by atoms with van der Waals surface area (Å²) < 4.78 is 4.98. The van der Waals surface area contributed by atoms with Crippen LogP contribution in [0.3, 0.4) is 0 Å². The van der Waals surface area contributed by atoms with Crippen LogP contribution in [-0.4, -0.2) is 18.4 Å². The fraction of sp³-hybridized carbons (Fsp3) is 0.143. The molecule has 0 saturated heterocycles. The van der Waals surface area contributed by atoms with Crippen molar-refractivity contribution >= 4 is 29.1 Å². The lowest BCUT2D eigenvalue weighted by Gasteiger charge is -2.08. The fourth-order valence-corrected chi connectivity index (χ4v) is 1.90. The van der Waals surface area contributed by atoms with Crippen molar-refractivity contribution in [2.45, 2.75) is 6.92 Å². The molecule has 0 radical (unpaired) electrons. The lowest BCUT2D eigenvalue weighted by molar-refractivity contribution is 0.0955. The van der Waals surface area contributed by atoms with E-state index in [9.17, 15) is 9.59 Å². The summed E-state index contributed by atoms with van der Waals surface area (Å²) in [6.07, 6.45) is 1.42. The number of furan rings is 1. The fourth-order valence-electron chi connectivity index (χ4n) is 1.63. The third-order valence-corrected chi connectivity index (χ3v) is 2.87. The van der Waals surface area contributed by atoms with Crippen molar-refractivity contribution in [1.29, 1.82) is 0 Å². The number of nitrogens with one attached hydrogen (secondary N) is 2. The smallest absolute Gasteiger partial charge is 0.291 e. The van der Waals surface area contributed by atoms with E-state index in [1.54, 1.807) is 24.3 Å². The first-order valence-corrected chi connectivity index (χ1v) is 6.42. The van der Waals surface area contributed by atoms with Crippen molar-refractivity contribution in [1.82, 2.24) is 5.32 Å². The number of hydrogen-bond donors (Lipinski definition) is 2. The molecule has 2 amide bonds. The van der Waals surface area contributed by atoms with Gasteiger partial charge in [0.05, 0.1) is 16.8 Å². The molecule has 0 saturated carbocycles. The average Bonchev–Trinajstić information content (AvgIpc) is 2.93. The Balaban J connectivity index is 2.13. The molecule has 0 bridgehead atoms. The number of rotatable bonds is 4. The summed E-state index contributed by atoms with van der Waals surface area (Å²) in [6.45, 7) is 2.34. The monoisotopic (exact) mass is 292 g/mol. The molecule has 1 heterocycles. The number of carbonyl (C=O) groups is 2. The van der Waals surface area contributed by atoms with E-state index >= 15 is 0 Å². The Labute approximate surface area is 120 Å². The highest BCUT2D eigenvalue weighted by Crippen LogP contribution is 2.21. The Morgan fingerprint density at radius 3 is 2.65 bits per heavy atom. The lowest BCUT2D eigenvalue weighted by atomic mass is 10.2. The first kappa shape index (κ1) is 14.1. The van der Waals surface area contributed by atoms with E-state index < -0.39 is 0 Å². The predicted molar refractivity (Wildman–Crippen MR) is 76.1 cm³/mol. The van der Waals surface area contributed by atoms with Crippen LogP contribution < -0.4 is 10.6 Å². The maximum atomic E-state index is 11.8. The highest BCUT2D eigenvalue weighted by Gasteiger charge is 2.12. The van der Waals surface area contributed by atoms with Gasteiger partial charge in [0.1, 0.15) is 0 Å². The minimum atomic E-state index is -0.378. The highest BCUT2D eigenvalue weighted by molar-refractivity contribution is 6.34. The Morgan fingerprint density at radius 2 is 2.05 bits per heavy atom. The zero-order chi connectivity index (χ0) is 14.5. The van der Waals surface area contributed by atoms with Crippen LogP contribution in [0.2, 0.25) is 5.02 Å². The van der Waals surface area contributed by atoms with Gasteiger partial charge in [-0.1, -0.05) is 11.6 Å². The number of benzene rings is 1. The Morgan fingerprint density at radius 1 is 1.25 bits per heavy atom. The first-order valence-electron chi connectivity index (χ1n) is 6.04. The second kappa shape index (κ2) is 6.25. The van der Waals surface area contributed by atoms with Crippen molar-refractivity contribution in [2.24, 2.45) is 0 Å². The van der Waals surface area contributed by atoms with Gasteiger partial charge in [0, 0.05) is 12.2 Å². The summed E-state index contributed by atoms with van der Waals surface area (Å²) in [5.74, 6) is -0.424. The molecule has 2 rings (SSSR count). The van der Waals surface area contributed by atoms with Crippen LogP contribution in [0.4, 0.5) is 5.69 Å². The molecule has 0 aliphatic carbocycles. The number of halogens is 1. The van der Waals surface area contributed by atoms with Crippen LogP contribution in [0, 0.1) is 0 Å². The molecule has 20 heavy (non-hydrogen) atoms. The van der Waals surface area contributed by atoms with E-state index in [1.165, 1.54) is 12.3 Å². The quantitative estimate of drug-likeness (QED) is 0.910. The summed E-state index contributed by atoms with van der Waals surface area (Å²) >= 11 is 6.03. The third-order valence-electron chi connectivity index (χ3n) is 2.55. The minimum Gasteiger partial charge on any atom is -0.459 e. The summed E-state index contributed by atoms with van der Waals surface area (Å²) in [5, 5.41) is 5.57. The topological polar surface area (TPSA) is 71.3 Å². The van der Waals surface area contributed by atoms with Gasteiger partial charge in [0.15, 0.2) is 5.76 Å². The second-order valence-electron chi connectivity index (χ2n) is 3.99. The van der Waals surface area contributed by atoms with Gasteiger partial charge in [-0.15, -0.1) is 0 Å². The molecule has 0 atom stereocenters. The molecule has 0 aliphatic heterocycles. The SMILES string of the molecule is CCNC(=O)c1ccc(NC(=O)c2ccco2)cc1Cl. The van der Waals surface area contributed by atoms with E-state index in [0.717, 1.165) is 0 Å². The molecule has 0 fully saturated rings. The van der Waals surface area contributed by atoms with E-state index in [-0.39, 0.29) is 22.6 Å². The summed E-state index contributed by atoms with van der Waals surface area (Å²) in [6, 6.07) is 7.87. The first-order chi connectivity index (χ1) is 9.61. The molecule has 1 aromatic heterocycles. The molecule has 2 aromatic rings. The maximum absolute atomic E-state index is 11.8. The predicted octanol–water partition coefficient (Wildman–Crippen LogP) is 2.94. The van der Waals surface area contributed by atoms with Crippen molar-refractivity contribution < 1.29 is 14.0 Å². The largest absolute Gasteiger partial charge is 0.459 e. The van der Waals surface area contributed by atoms with Crippen LogP contribution in [-0.2, 0) is 0 Å². The molecule has 0 unspecified atom stereocenters. The second-order valence-corrected chi connectivity index (χ2v) is 4.39. The summed E-state index contributed by atoms with van der Waals surface area (Å²) in [5.41, 5.74) is 0.856. The molecular formula is C14H13ClN2O3. The third kappa shape index (κ3) is 3.19. The van der Waals surface area contributed by atoms with E-state index in [1.807, 2.05) is 6.92 Å². The summed E-state index contributed by atoms with van der Waals surface area (Å²) in [7, 11) is 0. The van der Waals surface area contributed by atoms with Gasteiger partial charge in [-0.05, 0) is 37.3 Å². The maximum Gasteiger partial charge on any atom is 0.291 e. The van der Waals surface area contributed by atoms with Crippen LogP contribution >= 0.6 is 11.6 Å². The number of carbonyl (C=O) groups excluding carboxylic acids is 2. The number of amides is 2. The van der Waals surface area contributed by atoms with Crippen molar-refractivity contribution in [2.75, 3.05) is 11.9 Å². The standard InChI is InChI=1S/C14H13ClN2O3/c1-2-16-13(18)10-6-5-9(8-11(10)15)17-14(19)12-4-3-7-20-12/h3-8H,2H2,1H3,(H,16,18)(H,17,19). The van der Waals surface area contributed by atoms with Crippen LogP contribution in [0.1, 0.15) is 27.8 Å². The van der Waals surface area contributed by atoms with E-state index in [4.69, 9.17) is 16.0 Å². The van der Waals surface area contributed by atoms with Crippen LogP contribution in [0.5, 0.6) is 0 Å². The normalized spacial score (nSPS) is 10.1. The van der Waals surface area contributed by atoms with E-state index in [0.29, 0.717) is 17.8 Å². The molecule has 2 N–H and O–H groups in total. The van der Waals surface area contributed by atoms with Crippen molar-refractivity contribution in [3.05, 3.63) is 52.9 Å². The van der Waals surface area contributed by atoms with Gasteiger partial charge in [-0.25, -0.2) is 0 Å². The molecule has 6 heteroatoms. The van der Waals surface area contributed by atoms with E-state index in [2.05, 4.69) is 10.6 Å². The van der Waals surface area contributed by atoms with Crippen LogP contribution in [0.15, 0.2) is 41.0 Å². The van der Waals surface area contributed by atoms with Gasteiger partial charge in [-0.2, -0.15) is 0 Å². The zero-order valence-corrected chi connectivity index (χ0v) is 11.5. The molecule has 104 valence electrons. The zero-order valence-electron chi connectivity index (χ0n) is 10.8. The Kier molecular flexibility index (Phi) is 4.42. The summed E-state index contributed by atoms with van der Waals surface area (Å²) in [4.78, 5) is 23.5. The molecule has 0 spiro atoms. The van der Waals surface area contributed by atoms with Gasteiger partial charge in [0.25, 0.3) is 11.8 Å². The minimum absolute atomic E-state index is 0.203. The molecule has 1 aromatic carbocycles. The highest BCUT2D eigenvalue weighted by atomic mass is 35.5. The van der Waals surface area contributed by atoms with Gasteiger partial charge >= 0.3 is 0 Å². The molecule has 5 nitrogen and oxygen atoms in total.